The van der Waals surface area contributed by atoms with Crippen LogP contribution in [0.25, 0.3) is 10.2 Å². The van der Waals surface area contributed by atoms with Gasteiger partial charge in [-0.05, 0) is 63.4 Å². The zero-order chi connectivity index (χ0) is 13.9. The molecule has 5 heteroatoms. The fourth-order valence-electron chi connectivity index (χ4n) is 2.18. The van der Waals surface area contributed by atoms with E-state index in [1.165, 1.54) is 19.6 Å². The molecule has 3 rings (SSSR count). The monoisotopic (exact) mass is 366 g/mol. The van der Waals surface area contributed by atoms with Crippen molar-refractivity contribution in [2.24, 2.45) is 0 Å². The van der Waals surface area contributed by atoms with Crippen LogP contribution < -0.4 is 5.32 Å². The third-order valence-electron chi connectivity index (χ3n) is 3.16. The first kappa shape index (κ1) is 14.2. The van der Waals surface area contributed by atoms with Crippen molar-refractivity contribution in [3.63, 3.8) is 0 Å². The lowest BCUT2D eigenvalue weighted by Gasteiger charge is -2.18. The molecule has 0 aliphatic rings. The Morgan fingerprint density at radius 3 is 2.90 bits per heavy atom. The van der Waals surface area contributed by atoms with E-state index in [0.29, 0.717) is 0 Å². The maximum absolute atomic E-state index is 4.57. The third kappa shape index (κ3) is 2.81. The van der Waals surface area contributed by atoms with Crippen LogP contribution in [0.3, 0.4) is 0 Å². The van der Waals surface area contributed by atoms with Crippen molar-refractivity contribution in [3.8, 4) is 0 Å². The first-order chi connectivity index (χ1) is 9.79. The van der Waals surface area contributed by atoms with E-state index < -0.39 is 0 Å². The van der Waals surface area contributed by atoms with Gasteiger partial charge in [0.25, 0.3) is 0 Å². The van der Waals surface area contributed by atoms with Crippen LogP contribution in [0, 0.1) is 0 Å². The Kier molecular flexibility index (Phi) is 4.51. The van der Waals surface area contributed by atoms with E-state index in [1.807, 2.05) is 6.20 Å². The van der Waals surface area contributed by atoms with Crippen molar-refractivity contribution in [2.75, 3.05) is 6.54 Å². The minimum Gasteiger partial charge on any atom is -0.306 e. The Labute approximate surface area is 135 Å². The largest absolute Gasteiger partial charge is 0.306 e. The molecule has 0 aliphatic carbocycles. The molecule has 0 aliphatic heterocycles. The number of aromatic nitrogens is 1. The van der Waals surface area contributed by atoms with Crippen molar-refractivity contribution in [3.05, 3.63) is 50.1 Å². The predicted octanol–water partition coefficient (Wildman–Crippen LogP) is 5.21. The van der Waals surface area contributed by atoms with Crippen molar-refractivity contribution in [2.45, 2.75) is 19.4 Å². The quantitative estimate of drug-likeness (QED) is 0.670. The van der Waals surface area contributed by atoms with Crippen LogP contribution in [0.2, 0.25) is 0 Å². The van der Waals surface area contributed by atoms with Crippen molar-refractivity contribution in [1.29, 1.82) is 0 Å². The Morgan fingerprint density at radius 1 is 1.30 bits per heavy atom. The molecule has 1 N–H and O–H groups in total. The molecule has 3 aromatic heterocycles. The van der Waals surface area contributed by atoms with E-state index in [-0.39, 0.29) is 6.04 Å². The Hall–Kier alpha value is -0.750. The first-order valence-electron chi connectivity index (χ1n) is 6.59. The summed E-state index contributed by atoms with van der Waals surface area (Å²) in [6.07, 6.45) is 3.11. The summed E-state index contributed by atoms with van der Waals surface area (Å²) in [4.78, 5) is 5.89. The van der Waals surface area contributed by atoms with Gasteiger partial charge in [0.2, 0.25) is 0 Å². The van der Waals surface area contributed by atoms with Gasteiger partial charge in [0.15, 0.2) is 0 Å². The van der Waals surface area contributed by atoms with E-state index >= 15 is 0 Å². The lowest BCUT2D eigenvalue weighted by Crippen LogP contribution is -2.22. The number of nitrogens with one attached hydrogen (secondary N) is 1. The Bertz CT molecular complexity index is 705. The highest BCUT2D eigenvalue weighted by atomic mass is 79.9. The van der Waals surface area contributed by atoms with Gasteiger partial charge in [0.05, 0.1) is 16.3 Å². The molecule has 20 heavy (non-hydrogen) atoms. The number of rotatable bonds is 5. The summed E-state index contributed by atoms with van der Waals surface area (Å²) < 4.78 is 2.42. The molecule has 3 aromatic rings. The molecule has 0 bridgehead atoms. The van der Waals surface area contributed by atoms with Crippen LogP contribution in [0.4, 0.5) is 0 Å². The maximum atomic E-state index is 4.57. The topological polar surface area (TPSA) is 24.9 Å². The summed E-state index contributed by atoms with van der Waals surface area (Å²) in [7, 11) is 0. The molecular formula is C15H15BrN2S2. The second-order valence-corrected chi connectivity index (χ2v) is 7.34. The van der Waals surface area contributed by atoms with E-state index in [9.17, 15) is 0 Å². The molecule has 1 atom stereocenters. The van der Waals surface area contributed by atoms with Gasteiger partial charge in [0.1, 0.15) is 0 Å². The maximum Gasteiger partial charge on any atom is 0.0809 e. The highest BCUT2D eigenvalue weighted by Gasteiger charge is 2.18. The molecule has 104 valence electrons. The van der Waals surface area contributed by atoms with Crippen molar-refractivity contribution in [1.82, 2.24) is 10.3 Å². The van der Waals surface area contributed by atoms with Gasteiger partial charge in [-0.15, -0.1) is 22.7 Å². The molecule has 0 saturated carbocycles. The Balaban J connectivity index is 2.01. The third-order valence-corrected chi connectivity index (χ3v) is 5.95. The van der Waals surface area contributed by atoms with Gasteiger partial charge in [-0.3, -0.25) is 4.98 Å². The predicted molar refractivity (Wildman–Crippen MR) is 91.8 cm³/mol. The molecule has 1 unspecified atom stereocenters. The second-order valence-electron chi connectivity index (χ2n) is 4.59. The molecule has 0 aromatic carbocycles. The Morgan fingerprint density at radius 2 is 2.15 bits per heavy atom. The molecule has 0 saturated heterocycles. The van der Waals surface area contributed by atoms with Gasteiger partial charge in [-0.2, -0.15) is 0 Å². The lowest BCUT2D eigenvalue weighted by molar-refractivity contribution is 0.603. The van der Waals surface area contributed by atoms with Crippen LogP contribution >= 0.6 is 38.6 Å². The van der Waals surface area contributed by atoms with Crippen LogP contribution in [-0.2, 0) is 0 Å². The van der Waals surface area contributed by atoms with E-state index in [0.717, 1.165) is 18.5 Å². The number of nitrogens with zero attached hydrogens (tertiary/aromatic N) is 1. The standard InChI is InChI=1S/C15H15BrN2S2/c1-2-5-17-14(15-11(16)3-6-20-15)10-8-13-12(18-9-10)4-7-19-13/h3-4,6-9,14,17H,2,5H2,1H3. The van der Waals surface area contributed by atoms with Gasteiger partial charge >= 0.3 is 0 Å². The first-order valence-corrected chi connectivity index (χ1v) is 9.14. The fraction of sp³-hybridized carbons (Fsp3) is 0.267. The van der Waals surface area contributed by atoms with Crippen molar-refractivity contribution >= 4 is 48.8 Å². The minimum absolute atomic E-state index is 0.211. The number of pyridine rings is 1. The fourth-order valence-corrected chi connectivity index (χ4v) is 4.67. The van der Waals surface area contributed by atoms with Gasteiger partial charge < -0.3 is 5.32 Å². The number of fused-ring (bicyclic) bond motifs is 1. The van der Waals surface area contributed by atoms with E-state index in [2.05, 4.69) is 62.1 Å². The molecule has 0 fully saturated rings. The summed E-state index contributed by atoms with van der Waals surface area (Å²) in [6.45, 7) is 3.19. The van der Waals surface area contributed by atoms with Crippen LogP contribution in [0.1, 0.15) is 29.8 Å². The minimum atomic E-state index is 0.211. The molecule has 0 radical (unpaired) electrons. The zero-order valence-corrected chi connectivity index (χ0v) is 14.3. The van der Waals surface area contributed by atoms with Gasteiger partial charge in [0, 0.05) is 15.5 Å². The van der Waals surface area contributed by atoms with Gasteiger partial charge in [-0.1, -0.05) is 6.92 Å². The highest BCUT2D eigenvalue weighted by molar-refractivity contribution is 9.10. The second kappa shape index (κ2) is 6.35. The zero-order valence-electron chi connectivity index (χ0n) is 11.1. The number of hydrogen-bond donors (Lipinski definition) is 1. The molecule has 2 nitrogen and oxygen atoms in total. The smallest absolute Gasteiger partial charge is 0.0809 e. The SMILES string of the molecule is CCCNC(c1cnc2ccsc2c1)c1sccc1Br. The summed E-state index contributed by atoms with van der Waals surface area (Å²) >= 11 is 7.17. The molecule has 3 heterocycles. The molecular weight excluding hydrogens is 352 g/mol. The van der Waals surface area contributed by atoms with Crippen LogP contribution in [0.15, 0.2) is 39.6 Å². The molecule has 0 amide bonds. The van der Waals surface area contributed by atoms with Crippen molar-refractivity contribution < 1.29 is 0 Å². The van der Waals surface area contributed by atoms with Crippen LogP contribution in [-0.4, -0.2) is 11.5 Å². The van der Waals surface area contributed by atoms with E-state index in [1.54, 1.807) is 22.7 Å². The summed E-state index contributed by atoms with van der Waals surface area (Å²) in [5, 5.41) is 7.85. The molecule has 0 spiro atoms. The average Bonchev–Trinajstić information content (AvgIpc) is 3.08. The normalized spacial score (nSPS) is 12.9. The number of halogens is 1. The summed E-state index contributed by atoms with van der Waals surface area (Å²) in [6, 6.07) is 6.65. The summed E-state index contributed by atoms with van der Waals surface area (Å²) in [5.41, 5.74) is 2.31. The van der Waals surface area contributed by atoms with E-state index in [4.69, 9.17) is 0 Å². The number of hydrogen-bond acceptors (Lipinski definition) is 4. The highest BCUT2D eigenvalue weighted by Crippen LogP contribution is 2.34. The average molecular weight is 367 g/mol. The summed E-state index contributed by atoms with van der Waals surface area (Å²) in [5.74, 6) is 0. The van der Waals surface area contributed by atoms with Gasteiger partial charge in [-0.25, -0.2) is 0 Å². The lowest BCUT2D eigenvalue weighted by atomic mass is 10.1. The van der Waals surface area contributed by atoms with Crippen LogP contribution in [0.5, 0.6) is 0 Å². The number of thiophene rings is 2.